The summed E-state index contributed by atoms with van der Waals surface area (Å²) in [6.45, 7) is 7.99. The summed E-state index contributed by atoms with van der Waals surface area (Å²) in [5.41, 5.74) is 5.12. The second kappa shape index (κ2) is 6.97. The summed E-state index contributed by atoms with van der Waals surface area (Å²) in [4.78, 5) is 11.8. The molecule has 1 heterocycles. The first-order valence-corrected chi connectivity index (χ1v) is 7.52. The van der Waals surface area contributed by atoms with Crippen molar-refractivity contribution in [2.45, 2.75) is 27.7 Å². The number of esters is 1. The lowest BCUT2D eigenvalue weighted by Gasteiger charge is -2.10. The maximum Gasteiger partial charge on any atom is 0.348 e. The number of carbonyl (C=O) groups excluding carboxylic acids is 1. The molecule has 0 bridgehead atoms. The van der Waals surface area contributed by atoms with Crippen LogP contribution < -0.4 is 0 Å². The maximum absolute atomic E-state index is 11.8. The number of carbonyl (C=O) groups is 1. The topological polar surface area (TPSA) is 55.0 Å². The van der Waals surface area contributed by atoms with Crippen LogP contribution in [0.3, 0.4) is 0 Å². The van der Waals surface area contributed by atoms with E-state index in [-0.39, 0.29) is 12.2 Å². The lowest BCUT2D eigenvalue weighted by molar-refractivity contribution is -0.137. The van der Waals surface area contributed by atoms with Crippen LogP contribution in [0.1, 0.15) is 29.4 Å². The molecule has 0 atom stereocenters. The van der Waals surface area contributed by atoms with Crippen LogP contribution in [-0.4, -0.2) is 17.1 Å². The van der Waals surface area contributed by atoms with Crippen molar-refractivity contribution in [3.05, 3.63) is 58.4 Å². The number of hydrogen-bond acceptors (Lipinski definition) is 3. The molecular weight excluding hydrogens is 288 g/mol. The minimum absolute atomic E-state index is 0.0102. The van der Waals surface area contributed by atoms with E-state index in [1.165, 1.54) is 5.56 Å². The van der Waals surface area contributed by atoms with E-state index in [0.717, 1.165) is 22.6 Å². The summed E-state index contributed by atoms with van der Waals surface area (Å²) in [6.07, 6.45) is 1.59. The summed E-state index contributed by atoms with van der Waals surface area (Å²) in [5, 5.41) is 9.17. The number of aromatic nitrogens is 1. The number of nitrogens with zero attached hydrogens (tertiary/aromatic N) is 2. The van der Waals surface area contributed by atoms with Crippen molar-refractivity contribution in [3.63, 3.8) is 0 Å². The first-order chi connectivity index (χ1) is 11.0. The molecule has 2 aromatic rings. The fourth-order valence-electron chi connectivity index (χ4n) is 2.53. The smallest absolute Gasteiger partial charge is 0.348 e. The first-order valence-electron chi connectivity index (χ1n) is 7.52. The zero-order valence-corrected chi connectivity index (χ0v) is 13.9. The monoisotopic (exact) mass is 308 g/mol. The van der Waals surface area contributed by atoms with Crippen molar-refractivity contribution in [1.29, 1.82) is 5.26 Å². The van der Waals surface area contributed by atoms with E-state index in [2.05, 4.69) is 28.8 Å². The van der Waals surface area contributed by atoms with E-state index in [0.29, 0.717) is 0 Å². The standard InChI is InChI=1S/C19H20N2O2/c1-5-23-19(22)17(12-20)11-16-10-14(3)21(15(16)4)18-8-6-13(2)7-9-18/h6-11H,5H2,1-4H3/b17-11+. The molecule has 4 heteroatoms. The lowest BCUT2D eigenvalue weighted by Crippen LogP contribution is -2.06. The summed E-state index contributed by atoms with van der Waals surface area (Å²) in [7, 11) is 0. The largest absolute Gasteiger partial charge is 0.462 e. The molecule has 4 nitrogen and oxygen atoms in total. The SMILES string of the molecule is CCOC(=O)/C(C#N)=C/c1cc(C)n(-c2ccc(C)cc2)c1C. The third-order valence-corrected chi connectivity index (χ3v) is 3.68. The van der Waals surface area contributed by atoms with Crippen LogP contribution in [0.25, 0.3) is 11.8 Å². The van der Waals surface area contributed by atoms with Gasteiger partial charge in [-0.3, -0.25) is 0 Å². The molecule has 0 saturated carbocycles. The van der Waals surface area contributed by atoms with E-state index in [9.17, 15) is 10.1 Å². The number of ether oxygens (including phenoxy) is 1. The molecule has 0 unspecified atom stereocenters. The van der Waals surface area contributed by atoms with E-state index < -0.39 is 5.97 Å². The summed E-state index contributed by atoms with van der Waals surface area (Å²) < 4.78 is 7.01. The minimum Gasteiger partial charge on any atom is -0.462 e. The second-order valence-electron chi connectivity index (χ2n) is 5.39. The van der Waals surface area contributed by atoms with E-state index in [1.807, 2.05) is 32.9 Å². The predicted molar refractivity (Wildman–Crippen MR) is 90.2 cm³/mol. The van der Waals surface area contributed by atoms with E-state index in [4.69, 9.17) is 4.74 Å². The highest BCUT2D eigenvalue weighted by Gasteiger charge is 2.14. The van der Waals surface area contributed by atoms with Gasteiger partial charge in [-0.05, 0) is 57.5 Å². The quantitative estimate of drug-likeness (QED) is 0.489. The predicted octanol–water partition coefficient (Wildman–Crippen LogP) is 3.87. The average molecular weight is 308 g/mol. The van der Waals surface area contributed by atoms with Gasteiger partial charge < -0.3 is 9.30 Å². The Hall–Kier alpha value is -2.80. The Balaban J connectivity index is 2.47. The molecule has 0 amide bonds. The summed E-state index contributed by atoms with van der Waals surface area (Å²) in [6, 6.07) is 12.1. The van der Waals surface area contributed by atoms with Crippen molar-refractivity contribution in [1.82, 2.24) is 4.57 Å². The van der Waals surface area contributed by atoms with Crippen LogP contribution in [0.15, 0.2) is 35.9 Å². The van der Waals surface area contributed by atoms with E-state index in [1.54, 1.807) is 13.0 Å². The molecule has 0 radical (unpaired) electrons. The van der Waals surface area contributed by atoms with E-state index >= 15 is 0 Å². The molecule has 0 saturated heterocycles. The van der Waals surface area contributed by atoms with Gasteiger partial charge in [0.1, 0.15) is 11.6 Å². The number of hydrogen-bond donors (Lipinski definition) is 0. The van der Waals surface area contributed by atoms with Crippen LogP contribution in [-0.2, 0) is 9.53 Å². The third-order valence-electron chi connectivity index (χ3n) is 3.68. The van der Waals surface area contributed by atoms with Crippen LogP contribution >= 0.6 is 0 Å². The van der Waals surface area contributed by atoms with Crippen LogP contribution in [0.5, 0.6) is 0 Å². The highest BCUT2D eigenvalue weighted by Crippen LogP contribution is 2.23. The third kappa shape index (κ3) is 3.51. The Kier molecular flexibility index (Phi) is 5.02. The Morgan fingerprint density at radius 1 is 1.26 bits per heavy atom. The average Bonchev–Trinajstić information content (AvgIpc) is 2.80. The van der Waals surface area contributed by atoms with Gasteiger partial charge in [0.05, 0.1) is 6.61 Å². The van der Waals surface area contributed by atoms with Crippen molar-refractivity contribution in [3.8, 4) is 11.8 Å². The highest BCUT2D eigenvalue weighted by atomic mass is 16.5. The van der Waals surface area contributed by atoms with Gasteiger partial charge in [-0.15, -0.1) is 0 Å². The zero-order valence-electron chi connectivity index (χ0n) is 13.9. The summed E-state index contributed by atoms with van der Waals surface area (Å²) in [5.74, 6) is -0.588. The lowest BCUT2D eigenvalue weighted by atomic mass is 10.1. The van der Waals surface area contributed by atoms with Crippen molar-refractivity contribution >= 4 is 12.0 Å². The minimum atomic E-state index is -0.588. The van der Waals surface area contributed by atoms with Crippen molar-refractivity contribution < 1.29 is 9.53 Å². The maximum atomic E-state index is 11.8. The van der Waals surface area contributed by atoms with Crippen molar-refractivity contribution in [2.24, 2.45) is 0 Å². The van der Waals surface area contributed by atoms with Crippen molar-refractivity contribution in [2.75, 3.05) is 6.61 Å². The molecule has 23 heavy (non-hydrogen) atoms. The Labute approximate surface area is 136 Å². The second-order valence-corrected chi connectivity index (χ2v) is 5.39. The Morgan fingerprint density at radius 3 is 2.48 bits per heavy atom. The van der Waals surface area contributed by atoms with Gasteiger partial charge in [-0.2, -0.15) is 5.26 Å². The Morgan fingerprint density at radius 2 is 1.91 bits per heavy atom. The highest BCUT2D eigenvalue weighted by molar-refractivity contribution is 5.98. The molecule has 0 fully saturated rings. The number of rotatable bonds is 4. The van der Waals surface area contributed by atoms with Gasteiger partial charge in [-0.1, -0.05) is 17.7 Å². The number of nitriles is 1. The summed E-state index contributed by atoms with van der Waals surface area (Å²) >= 11 is 0. The molecular formula is C19H20N2O2. The molecule has 0 aliphatic heterocycles. The molecule has 0 N–H and O–H groups in total. The van der Waals surface area contributed by atoms with Gasteiger partial charge in [0.15, 0.2) is 0 Å². The molecule has 1 aromatic carbocycles. The Bertz CT molecular complexity index is 790. The first kappa shape index (κ1) is 16.6. The van der Waals surface area contributed by atoms with Gasteiger partial charge in [0.2, 0.25) is 0 Å². The normalized spacial score (nSPS) is 11.2. The zero-order chi connectivity index (χ0) is 17.0. The molecule has 0 spiro atoms. The molecule has 0 aliphatic rings. The fourth-order valence-corrected chi connectivity index (χ4v) is 2.53. The fraction of sp³-hybridized carbons (Fsp3) is 0.263. The van der Waals surface area contributed by atoms with Gasteiger partial charge >= 0.3 is 5.97 Å². The number of aryl methyl sites for hydroxylation is 2. The van der Waals surface area contributed by atoms with Gasteiger partial charge in [0, 0.05) is 17.1 Å². The van der Waals surface area contributed by atoms with Crippen LogP contribution in [0.4, 0.5) is 0 Å². The van der Waals surface area contributed by atoms with Gasteiger partial charge in [-0.25, -0.2) is 4.79 Å². The molecule has 118 valence electrons. The van der Waals surface area contributed by atoms with Gasteiger partial charge in [0.25, 0.3) is 0 Å². The number of benzene rings is 1. The molecule has 0 aliphatic carbocycles. The van der Waals surface area contributed by atoms with Crippen LogP contribution in [0, 0.1) is 32.1 Å². The molecule has 1 aromatic heterocycles. The van der Waals surface area contributed by atoms with Crippen LogP contribution in [0.2, 0.25) is 0 Å². The molecule has 2 rings (SSSR count).